The maximum absolute atomic E-state index is 10.7. The zero-order chi connectivity index (χ0) is 20.4. The van der Waals surface area contributed by atoms with Gasteiger partial charge < -0.3 is 19.5 Å². The summed E-state index contributed by atoms with van der Waals surface area (Å²) >= 11 is 0. The molecule has 1 spiro atoms. The summed E-state index contributed by atoms with van der Waals surface area (Å²) in [4.78, 5) is 1.51. The number of methoxy groups -OCH3 is 1. The number of ether oxygens (including phenoxy) is 2. The van der Waals surface area contributed by atoms with Crippen LogP contribution < -0.4 is 9.47 Å². The third-order valence-electron chi connectivity index (χ3n) is 5.34. The van der Waals surface area contributed by atoms with Gasteiger partial charge in [-0.05, 0) is 38.0 Å². The number of aliphatic hydroxyl groups excluding tert-OH is 1. The van der Waals surface area contributed by atoms with E-state index >= 15 is 0 Å². The Bertz CT molecular complexity index is 954. The molecule has 2 unspecified atom stereocenters. The smallest absolute Gasteiger partial charge is 0.165 e. The van der Waals surface area contributed by atoms with Crippen LogP contribution in [-0.4, -0.2) is 48.9 Å². The van der Waals surface area contributed by atoms with Gasteiger partial charge in [-0.25, -0.2) is 0 Å². The topological polar surface area (TPSA) is 41.9 Å². The predicted molar refractivity (Wildman–Crippen MR) is 82.5 cm³/mol. The average molecular weight is 305 g/mol. The molecular formula is C18H21NO3. The largest absolute Gasteiger partial charge is 0.493 e. The Morgan fingerprint density at radius 3 is 3.23 bits per heavy atom. The van der Waals surface area contributed by atoms with E-state index in [4.69, 9.17) is 15.0 Å². The Kier molecular flexibility index (Phi) is 1.54. The fourth-order valence-corrected chi connectivity index (χ4v) is 4.34. The summed E-state index contributed by atoms with van der Waals surface area (Å²) in [5.41, 5.74) is -0.986. The molecule has 0 saturated carbocycles. The summed E-state index contributed by atoms with van der Waals surface area (Å²) in [5, 5.41) is 10.7. The van der Waals surface area contributed by atoms with E-state index in [2.05, 4.69) is 0 Å². The van der Waals surface area contributed by atoms with Gasteiger partial charge in [0.05, 0.1) is 9.85 Å². The van der Waals surface area contributed by atoms with E-state index in [1.807, 2.05) is 0 Å². The SMILES string of the molecule is [2H]c1c([2H])c2c3c(c1OC)OC1C(O)C=C[C@]4([2H])[C@@]31CCN(C)[C@]4([2H])C2([2H])[2H]. The highest BCUT2D eigenvalue weighted by Crippen LogP contribution is 2.62. The first kappa shape index (κ1) is 8.37. The Morgan fingerprint density at radius 2 is 2.41 bits per heavy atom. The molecule has 0 aromatic heterocycles. The summed E-state index contributed by atoms with van der Waals surface area (Å²) < 4.78 is 64.7. The summed E-state index contributed by atoms with van der Waals surface area (Å²) in [6.07, 6.45) is -1.20. The molecule has 5 rings (SSSR count). The van der Waals surface area contributed by atoms with Crippen molar-refractivity contribution in [2.75, 3.05) is 20.7 Å². The zero-order valence-corrected chi connectivity index (χ0v) is 12.4. The monoisotopic (exact) mass is 305 g/mol. The maximum Gasteiger partial charge on any atom is 0.165 e. The number of nitrogens with zero attached hydrogens (tertiary/aromatic N) is 1. The van der Waals surface area contributed by atoms with Gasteiger partial charge in [0.15, 0.2) is 11.5 Å². The summed E-state index contributed by atoms with van der Waals surface area (Å²) in [7, 11) is 2.96. The summed E-state index contributed by atoms with van der Waals surface area (Å²) in [6.45, 7) is 0.335. The number of benzene rings is 1. The number of hydrogen-bond donors (Lipinski definition) is 1. The quantitative estimate of drug-likeness (QED) is 0.799. The Labute approximate surface area is 138 Å². The second-order valence-corrected chi connectivity index (χ2v) is 6.28. The Hall–Kier alpha value is -1.52. The highest BCUT2D eigenvalue weighted by atomic mass is 16.5. The van der Waals surface area contributed by atoms with Crippen molar-refractivity contribution in [3.63, 3.8) is 0 Å². The van der Waals surface area contributed by atoms with Gasteiger partial charge in [-0.3, -0.25) is 0 Å². The van der Waals surface area contributed by atoms with E-state index in [1.165, 1.54) is 24.2 Å². The van der Waals surface area contributed by atoms with Crippen molar-refractivity contribution in [1.82, 2.24) is 4.90 Å². The molecule has 116 valence electrons. The molecule has 1 saturated heterocycles. The van der Waals surface area contributed by atoms with E-state index in [0.717, 1.165) is 0 Å². The fraction of sp³-hybridized carbons (Fsp3) is 0.556. The van der Waals surface area contributed by atoms with Gasteiger partial charge in [-0.2, -0.15) is 0 Å². The number of aliphatic hydroxyl groups is 1. The van der Waals surface area contributed by atoms with Crippen LogP contribution in [0.2, 0.25) is 0 Å². The minimum atomic E-state index is -2.43. The molecule has 4 aliphatic rings. The molecule has 4 nitrogen and oxygen atoms in total. The molecule has 4 heteroatoms. The first-order valence-electron chi connectivity index (χ1n) is 10.5. The van der Waals surface area contributed by atoms with Gasteiger partial charge in [0.25, 0.3) is 0 Å². The summed E-state index contributed by atoms with van der Waals surface area (Å²) in [5.74, 6) is -1.63. The van der Waals surface area contributed by atoms with E-state index < -0.39 is 35.9 Å². The van der Waals surface area contributed by atoms with Gasteiger partial charge in [0.2, 0.25) is 0 Å². The van der Waals surface area contributed by atoms with Crippen LogP contribution >= 0.6 is 0 Å². The lowest BCUT2D eigenvalue weighted by atomic mass is 9.53. The van der Waals surface area contributed by atoms with Crippen molar-refractivity contribution in [2.24, 2.45) is 5.89 Å². The molecule has 1 fully saturated rings. The maximum atomic E-state index is 10.7. The first-order valence-corrected chi connectivity index (χ1v) is 7.48. The van der Waals surface area contributed by atoms with Crippen molar-refractivity contribution in [3.8, 4) is 11.5 Å². The van der Waals surface area contributed by atoms with Crippen molar-refractivity contribution >= 4 is 0 Å². The lowest BCUT2D eigenvalue weighted by molar-refractivity contribution is -0.0453. The fourth-order valence-electron chi connectivity index (χ4n) is 4.34. The molecule has 2 aliphatic carbocycles. The van der Waals surface area contributed by atoms with Crippen LogP contribution in [0.3, 0.4) is 0 Å². The summed E-state index contributed by atoms with van der Waals surface area (Å²) in [6, 6.07) is -2.75. The Morgan fingerprint density at radius 1 is 1.55 bits per heavy atom. The number of likely N-dealkylation sites (N-methyl/N-ethyl adjacent to an activating group) is 1. The van der Waals surface area contributed by atoms with Gasteiger partial charge in [0, 0.05) is 28.4 Å². The second-order valence-electron chi connectivity index (χ2n) is 6.28. The number of likely N-dealkylation sites (tertiary alicyclic amines) is 1. The molecule has 1 aromatic rings. The number of hydrogen-bond acceptors (Lipinski definition) is 4. The van der Waals surface area contributed by atoms with Crippen molar-refractivity contribution in [3.05, 3.63) is 35.4 Å². The predicted octanol–water partition coefficient (Wildman–Crippen LogP) is 1.50. The van der Waals surface area contributed by atoms with E-state index in [-0.39, 0.29) is 29.1 Å². The molecule has 2 bridgehead atoms. The van der Waals surface area contributed by atoms with Gasteiger partial charge in [-0.1, -0.05) is 18.2 Å². The number of rotatable bonds is 1. The van der Waals surface area contributed by atoms with Gasteiger partial charge >= 0.3 is 0 Å². The van der Waals surface area contributed by atoms with Crippen LogP contribution in [0.5, 0.6) is 11.5 Å². The lowest BCUT2D eigenvalue weighted by Gasteiger charge is -2.56. The van der Waals surface area contributed by atoms with Crippen LogP contribution in [0, 0.1) is 5.89 Å². The van der Waals surface area contributed by atoms with E-state index in [0.29, 0.717) is 18.5 Å². The van der Waals surface area contributed by atoms with Crippen LogP contribution in [0.4, 0.5) is 0 Å². The molecule has 1 aromatic carbocycles. The first-order chi connectivity index (χ1) is 13.0. The zero-order valence-electron chi connectivity index (χ0n) is 18.4. The third kappa shape index (κ3) is 1.28. The second kappa shape index (κ2) is 4.06. The molecular weight excluding hydrogens is 278 g/mol. The molecule has 1 N–H and O–H groups in total. The van der Waals surface area contributed by atoms with Crippen LogP contribution in [0.25, 0.3) is 0 Å². The third-order valence-corrected chi connectivity index (χ3v) is 5.34. The van der Waals surface area contributed by atoms with Gasteiger partial charge in [0.1, 0.15) is 12.2 Å². The molecule has 5 atom stereocenters. The normalized spacial score (nSPS) is 54.0. The van der Waals surface area contributed by atoms with E-state index in [1.54, 1.807) is 7.05 Å². The van der Waals surface area contributed by atoms with E-state index in [9.17, 15) is 7.85 Å². The molecule has 22 heavy (non-hydrogen) atoms. The van der Waals surface area contributed by atoms with Crippen molar-refractivity contribution in [2.45, 2.75) is 36.4 Å². The molecule has 0 radical (unpaired) electrons. The molecule has 2 heterocycles. The Balaban J connectivity index is 2.03. The lowest BCUT2D eigenvalue weighted by Crippen LogP contribution is -2.64. The molecule has 0 amide bonds. The minimum Gasteiger partial charge on any atom is -0.493 e. The molecule has 2 aliphatic heterocycles. The highest BCUT2D eigenvalue weighted by molar-refractivity contribution is 5.62. The van der Waals surface area contributed by atoms with Crippen LogP contribution in [0.15, 0.2) is 24.2 Å². The highest BCUT2D eigenvalue weighted by Gasteiger charge is 2.64. The number of piperidine rings is 1. The minimum absolute atomic E-state index is 0.00860. The van der Waals surface area contributed by atoms with Crippen LogP contribution in [-0.2, 0) is 11.8 Å². The standard InChI is InChI=1S/C18H21NO3/c1-19-8-7-18-11-4-5-13(20)17(18)22-16-14(21-2)6-3-10(15(16)18)9-12(11)19/h3-6,11-13,17,20H,7-9H2,1-2H3/t11-,12+,13?,17?,18-/m0/s1/i3D,6D,9D2,11D,12D. The van der Waals surface area contributed by atoms with Crippen LogP contribution in [0.1, 0.15) is 25.8 Å². The average Bonchev–Trinajstić information content (AvgIpc) is 2.97. The van der Waals surface area contributed by atoms with Crippen molar-refractivity contribution in [1.29, 1.82) is 0 Å². The van der Waals surface area contributed by atoms with Crippen molar-refractivity contribution < 1.29 is 22.8 Å². The van der Waals surface area contributed by atoms with Gasteiger partial charge in [-0.15, -0.1) is 0 Å².